The van der Waals surface area contributed by atoms with E-state index in [0.717, 1.165) is 19.3 Å². The first-order valence-corrected chi connectivity index (χ1v) is 8.55. The highest BCUT2D eigenvalue weighted by Crippen LogP contribution is 2.19. The summed E-state index contributed by atoms with van der Waals surface area (Å²) >= 11 is 0. The molecule has 0 aromatic heterocycles. The molecule has 0 aliphatic carbocycles. The second-order valence-corrected chi connectivity index (χ2v) is 5.97. The molecule has 1 fully saturated rings. The zero-order chi connectivity index (χ0) is 17.1. The summed E-state index contributed by atoms with van der Waals surface area (Å²) in [4.78, 5) is 11.7. The van der Waals surface area contributed by atoms with Crippen LogP contribution >= 0.6 is 0 Å². The molecule has 0 saturated carbocycles. The third-order valence-electron chi connectivity index (χ3n) is 3.98. The molecule has 1 heterocycles. The first-order valence-electron chi connectivity index (χ1n) is 8.55. The zero-order valence-corrected chi connectivity index (χ0v) is 13.9. The number of unbranched alkanes of at least 4 members (excludes halogenated alkanes) is 6. The number of hydrogen-bond donors (Lipinski definition) is 3. The SMILES string of the molecule is CCCCCCCCC=CC(=O)O[C@H](CO)[C@H]1OC[C@H](O)[C@H]1O. The molecule has 0 radical (unpaired) electrons. The summed E-state index contributed by atoms with van der Waals surface area (Å²) in [6.07, 6.45) is 7.03. The Morgan fingerprint density at radius 3 is 2.57 bits per heavy atom. The fraction of sp³-hybridized carbons (Fsp3) is 0.824. The smallest absolute Gasteiger partial charge is 0.330 e. The van der Waals surface area contributed by atoms with Crippen molar-refractivity contribution in [1.82, 2.24) is 0 Å². The maximum absolute atomic E-state index is 11.7. The predicted molar refractivity (Wildman–Crippen MR) is 85.9 cm³/mol. The van der Waals surface area contributed by atoms with E-state index in [1.165, 1.54) is 31.8 Å². The van der Waals surface area contributed by atoms with Crippen molar-refractivity contribution < 1.29 is 29.6 Å². The van der Waals surface area contributed by atoms with Gasteiger partial charge in [0.25, 0.3) is 0 Å². The molecule has 1 aliphatic rings. The summed E-state index contributed by atoms with van der Waals surface area (Å²) in [5, 5.41) is 28.4. The molecule has 0 amide bonds. The zero-order valence-electron chi connectivity index (χ0n) is 13.9. The monoisotopic (exact) mass is 330 g/mol. The van der Waals surface area contributed by atoms with E-state index in [1.54, 1.807) is 6.08 Å². The molecule has 1 saturated heterocycles. The van der Waals surface area contributed by atoms with E-state index in [-0.39, 0.29) is 6.61 Å². The van der Waals surface area contributed by atoms with Crippen LogP contribution in [-0.2, 0) is 14.3 Å². The number of aliphatic hydroxyl groups is 3. The van der Waals surface area contributed by atoms with Crippen LogP contribution in [0.3, 0.4) is 0 Å². The largest absolute Gasteiger partial charge is 0.454 e. The number of ether oxygens (including phenoxy) is 2. The standard InChI is InChI=1S/C17H30O6/c1-2-3-4-5-6-7-8-9-10-15(20)23-14(11-18)17-16(21)13(19)12-22-17/h9-10,13-14,16-19,21H,2-8,11-12H2,1H3/t13-,14+,16+,17+/m0/s1. The molecule has 134 valence electrons. The van der Waals surface area contributed by atoms with Gasteiger partial charge in [0.15, 0.2) is 6.10 Å². The minimum atomic E-state index is -1.16. The minimum absolute atomic E-state index is 0.0340. The lowest BCUT2D eigenvalue weighted by Crippen LogP contribution is -2.42. The van der Waals surface area contributed by atoms with E-state index in [0.29, 0.717) is 0 Å². The van der Waals surface area contributed by atoms with Crippen LogP contribution in [0.4, 0.5) is 0 Å². The fourth-order valence-electron chi connectivity index (χ4n) is 2.57. The molecule has 0 bridgehead atoms. The normalized spacial score (nSPS) is 25.8. The Morgan fingerprint density at radius 2 is 1.96 bits per heavy atom. The van der Waals surface area contributed by atoms with Crippen molar-refractivity contribution in [2.75, 3.05) is 13.2 Å². The van der Waals surface area contributed by atoms with Gasteiger partial charge in [-0.3, -0.25) is 0 Å². The van der Waals surface area contributed by atoms with E-state index in [1.807, 2.05) is 0 Å². The van der Waals surface area contributed by atoms with Crippen LogP contribution in [0.1, 0.15) is 51.9 Å². The summed E-state index contributed by atoms with van der Waals surface area (Å²) in [5.41, 5.74) is 0. The number of aliphatic hydroxyl groups excluding tert-OH is 3. The van der Waals surface area contributed by atoms with Crippen molar-refractivity contribution in [1.29, 1.82) is 0 Å². The molecule has 4 atom stereocenters. The minimum Gasteiger partial charge on any atom is -0.454 e. The molecular formula is C17H30O6. The topological polar surface area (TPSA) is 96.2 Å². The third kappa shape index (κ3) is 7.44. The molecule has 3 N–H and O–H groups in total. The average molecular weight is 330 g/mol. The molecule has 0 aromatic carbocycles. The van der Waals surface area contributed by atoms with Crippen molar-refractivity contribution in [2.24, 2.45) is 0 Å². The Morgan fingerprint density at radius 1 is 1.26 bits per heavy atom. The van der Waals surface area contributed by atoms with Crippen LogP contribution in [0, 0.1) is 0 Å². The van der Waals surface area contributed by atoms with Gasteiger partial charge >= 0.3 is 5.97 Å². The maximum atomic E-state index is 11.7. The van der Waals surface area contributed by atoms with Gasteiger partial charge in [0.05, 0.1) is 13.2 Å². The summed E-state index contributed by atoms with van der Waals surface area (Å²) in [5.74, 6) is -0.577. The second kappa shape index (κ2) is 11.6. The molecule has 1 aliphatic heterocycles. The Bertz CT molecular complexity index is 357. The van der Waals surface area contributed by atoms with Gasteiger partial charge in [0, 0.05) is 6.08 Å². The van der Waals surface area contributed by atoms with Crippen molar-refractivity contribution in [3.05, 3.63) is 12.2 Å². The number of esters is 1. The van der Waals surface area contributed by atoms with Crippen molar-refractivity contribution >= 4 is 5.97 Å². The Hall–Kier alpha value is -0.950. The highest BCUT2D eigenvalue weighted by molar-refractivity contribution is 5.82. The Labute approximate surface area is 138 Å². The molecule has 0 unspecified atom stereocenters. The number of carbonyl (C=O) groups excluding carboxylic acids is 1. The van der Waals surface area contributed by atoms with Crippen LogP contribution in [0.5, 0.6) is 0 Å². The lowest BCUT2D eigenvalue weighted by atomic mass is 10.1. The predicted octanol–water partition coefficient (Wildman–Crippen LogP) is 1.32. The summed E-state index contributed by atoms with van der Waals surface area (Å²) in [6, 6.07) is 0. The highest BCUT2D eigenvalue weighted by atomic mass is 16.6. The molecule has 6 heteroatoms. The third-order valence-corrected chi connectivity index (χ3v) is 3.98. The van der Waals surface area contributed by atoms with Gasteiger partial charge in [-0.1, -0.05) is 45.1 Å². The number of carbonyl (C=O) groups is 1. The van der Waals surface area contributed by atoms with Gasteiger partial charge in [-0.15, -0.1) is 0 Å². The van der Waals surface area contributed by atoms with Crippen LogP contribution in [0.25, 0.3) is 0 Å². The van der Waals surface area contributed by atoms with Gasteiger partial charge in [-0.25, -0.2) is 4.79 Å². The maximum Gasteiger partial charge on any atom is 0.330 e. The second-order valence-electron chi connectivity index (χ2n) is 5.97. The van der Waals surface area contributed by atoms with E-state index >= 15 is 0 Å². The number of allylic oxidation sites excluding steroid dienone is 1. The van der Waals surface area contributed by atoms with Crippen molar-refractivity contribution in [3.8, 4) is 0 Å². The van der Waals surface area contributed by atoms with Gasteiger partial charge in [0.1, 0.15) is 18.3 Å². The van der Waals surface area contributed by atoms with Gasteiger partial charge in [-0.05, 0) is 12.8 Å². The van der Waals surface area contributed by atoms with Crippen LogP contribution in [0.2, 0.25) is 0 Å². The molecular weight excluding hydrogens is 300 g/mol. The van der Waals surface area contributed by atoms with Crippen LogP contribution < -0.4 is 0 Å². The number of hydrogen-bond acceptors (Lipinski definition) is 6. The molecule has 0 aromatic rings. The van der Waals surface area contributed by atoms with E-state index in [4.69, 9.17) is 9.47 Å². The summed E-state index contributed by atoms with van der Waals surface area (Å²) in [7, 11) is 0. The van der Waals surface area contributed by atoms with E-state index < -0.39 is 37.0 Å². The average Bonchev–Trinajstić information content (AvgIpc) is 2.87. The first-order chi connectivity index (χ1) is 11.1. The van der Waals surface area contributed by atoms with Crippen molar-refractivity contribution in [2.45, 2.75) is 76.3 Å². The van der Waals surface area contributed by atoms with Gasteiger partial charge in [-0.2, -0.15) is 0 Å². The molecule has 6 nitrogen and oxygen atoms in total. The van der Waals surface area contributed by atoms with Crippen LogP contribution in [-0.4, -0.2) is 58.9 Å². The van der Waals surface area contributed by atoms with Crippen LogP contribution in [0.15, 0.2) is 12.2 Å². The van der Waals surface area contributed by atoms with E-state index in [9.17, 15) is 20.1 Å². The summed E-state index contributed by atoms with van der Waals surface area (Å²) in [6.45, 7) is 1.68. The van der Waals surface area contributed by atoms with E-state index in [2.05, 4.69) is 6.92 Å². The first kappa shape index (κ1) is 20.1. The van der Waals surface area contributed by atoms with Gasteiger partial charge < -0.3 is 24.8 Å². The van der Waals surface area contributed by atoms with Crippen molar-refractivity contribution in [3.63, 3.8) is 0 Å². The quantitative estimate of drug-likeness (QED) is 0.300. The lowest BCUT2D eigenvalue weighted by molar-refractivity contribution is -0.156. The molecule has 23 heavy (non-hydrogen) atoms. The Kier molecular flexibility index (Phi) is 10.1. The Balaban J connectivity index is 2.22. The molecule has 1 rings (SSSR count). The van der Waals surface area contributed by atoms with Gasteiger partial charge in [0.2, 0.25) is 0 Å². The number of rotatable bonds is 11. The molecule has 0 spiro atoms. The fourth-order valence-corrected chi connectivity index (χ4v) is 2.57. The lowest BCUT2D eigenvalue weighted by Gasteiger charge is -2.23. The highest BCUT2D eigenvalue weighted by Gasteiger charge is 2.41. The summed E-state index contributed by atoms with van der Waals surface area (Å²) < 4.78 is 10.2.